The first kappa shape index (κ1) is 9.88. The number of pyridine rings is 1. The number of halogens is 1. The average molecular weight is 186 g/mol. The lowest BCUT2D eigenvalue weighted by molar-refractivity contribution is -0.144. The van der Waals surface area contributed by atoms with E-state index in [0.717, 1.165) is 0 Å². The fourth-order valence-electron chi connectivity index (χ4n) is 1.10. The van der Waals surface area contributed by atoms with Crippen LogP contribution < -0.4 is 5.73 Å². The van der Waals surface area contributed by atoms with Crippen molar-refractivity contribution in [2.45, 2.75) is 20.1 Å². The van der Waals surface area contributed by atoms with Crippen LogP contribution in [0, 0.1) is 6.92 Å². The number of rotatable bonds is 3. The summed E-state index contributed by atoms with van der Waals surface area (Å²) in [4.78, 5) is 7.31. The quantitative estimate of drug-likeness (QED) is 0.737. The van der Waals surface area contributed by atoms with E-state index < -0.39 is 0 Å². The van der Waals surface area contributed by atoms with E-state index in [9.17, 15) is 9.63 Å². The highest BCUT2D eigenvalue weighted by molar-refractivity contribution is 5.40. The van der Waals surface area contributed by atoms with Gasteiger partial charge < -0.3 is 10.8 Å². The smallest absolute Gasteiger partial charge is 0.141 e. The van der Waals surface area contributed by atoms with E-state index in [2.05, 4.69) is 9.93 Å². The van der Waals surface area contributed by atoms with Crippen LogP contribution in [0.2, 0.25) is 0 Å². The lowest BCUT2D eigenvalue weighted by Gasteiger charge is -2.08. The predicted octanol–water partition coefficient (Wildman–Crippen LogP) is 0.955. The summed E-state index contributed by atoms with van der Waals surface area (Å²) in [7, 11) is 0. The molecule has 0 aliphatic carbocycles. The van der Waals surface area contributed by atoms with Crippen molar-refractivity contribution in [2.75, 3.05) is 0 Å². The minimum absolute atomic E-state index is 0.0112. The predicted molar refractivity (Wildman–Crippen MR) is 44.4 cm³/mol. The second-order valence-electron chi connectivity index (χ2n) is 2.65. The van der Waals surface area contributed by atoms with Gasteiger partial charge in [-0.25, -0.2) is 0 Å². The van der Waals surface area contributed by atoms with Gasteiger partial charge in [0.1, 0.15) is 12.4 Å². The molecule has 0 atom stereocenters. The summed E-state index contributed by atoms with van der Waals surface area (Å²) in [5, 5.41) is 9.48. The highest BCUT2D eigenvalue weighted by atomic mass is 19.3. The first-order chi connectivity index (χ1) is 6.20. The van der Waals surface area contributed by atoms with Crippen LogP contribution in [0.3, 0.4) is 0 Å². The molecule has 1 heterocycles. The molecule has 0 saturated carbocycles. The summed E-state index contributed by atoms with van der Waals surface area (Å²) in [5.41, 5.74) is 6.80. The van der Waals surface area contributed by atoms with Gasteiger partial charge in [0.2, 0.25) is 0 Å². The molecule has 0 aliphatic heterocycles. The number of aryl methyl sites for hydroxylation is 1. The number of hydrogen-bond acceptors (Lipinski definition) is 4. The van der Waals surface area contributed by atoms with Crippen LogP contribution in [-0.2, 0) is 18.1 Å². The van der Waals surface area contributed by atoms with Gasteiger partial charge in [-0.05, 0) is 11.4 Å². The maximum atomic E-state index is 11.6. The minimum atomic E-state index is -0.243. The molecular formula is C8H11FN2O2. The Morgan fingerprint density at radius 3 is 2.92 bits per heavy atom. The lowest BCUT2D eigenvalue weighted by Crippen LogP contribution is -2.04. The van der Waals surface area contributed by atoms with Crippen molar-refractivity contribution in [3.63, 3.8) is 0 Å². The van der Waals surface area contributed by atoms with E-state index in [1.807, 2.05) is 0 Å². The zero-order chi connectivity index (χ0) is 9.84. The maximum Gasteiger partial charge on any atom is 0.141 e. The van der Waals surface area contributed by atoms with Crippen molar-refractivity contribution in [2.24, 2.45) is 5.73 Å². The Hall–Kier alpha value is -1.20. The molecule has 1 aromatic rings. The summed E-state index contributed by atoms with van der Waals surface area (Å²) >= 11 is 0. The molecule has 13 heavy (non-hydrogen) atoms. The molecule has 72 valence electrons. The highest BCUT2D eigenvalue weighted by Crippen LogP contribution is 2.23. The molecule has 0 spiro atoms. The zero-order valence-corrected chi connectivity index (χ0v) is 7.25. The van der Waals surface area contributed by atoms with Crippen molar-refractivity contribution in [3.05, 3.63) is 23.0 Å². The van der Waals surface area contributed by atoms with Crippen LogP contribution in [-0.4, -0.2) is 10.1 Å². The first-order valence-electron chi connectivity index (χ1n) is 3.80. The molecule has 0 saturated heterocycles. The van der Waals surface area contributed by atoms with E-state index in [1.54, 1.807) is 6.92 Å². The van der Waals surface area contributed by atoms with E-state index in [1.165, 1.54) is 6.20 Å². The van der Waals surface area contributed by atoms with Gasteiger partial charge in [0, 0.05) is 23.9 Å². The Kier molecular flexibility index (Phi) is 3.16. The Morgan fingerprint density at radius 2 is 2.38 bits per heavy atom. The van der Waals surface area contributed by atoms with Gasteiger partial charge in [-0.2, -0.15) is 4.94 Å². The van der Waals surface area contributed by atoms with E-state index in [4.69, 9.17) is 5.73 Å². The van der Waals surface area contributed by atoms with E-state index >= 15 is 0 Å². The van der Waals surface area contributed by atoms with Crippen LogP contribution in [0.1, 0.15) is 16.8 Å². The van der Waals surface area contributed by atoms with Gasteiger partial charge in [-0.15, -0.1) is 0 Å². The molecule has 5 heteroatoms. The standard InChI is InChI=1S/C8H11FN2O2/c1-5-8(12)7(2-10)6(3-11-5)4-13-9/h3,12H,2,4,10H2,1H3. The number of nitrogens with zero attached hydrogens (tertiary/aromatic N) is 1. The van der Waals surface area contributed by atoms with Gasteiger partial charge in [-0.1, -0.05) is 0 Å². The highest BCUT2D eigenvalue weighted by Gasteiger charge is 2.10. The number of nitrogens with two attached hydrogens (primary N) is 1. The van der Waals surface area contributed by atoms with Gasteiger partial charge in [0.05, 0.1) is 5.69 Å². The molecule has 0 aliphatic rings. The average Bonchev–Trinajstić information content (AvgIpc) is 2.12. The van der Waals surface area contributed by atoms with E-state index in [0.29, 0.717) is 16.8 Å². The van der Waals surface area contributed by atoms with Crippen LogP contribution in [0.5, 0.6) is 5.75 Å². The summed E-state index contributed by atoms with van der Waals surface area (Å²) in [6, 6.07) is 0. The summed E-state index contributed by atoms with van der Waals surface area (Å²) < 4.78 is 11.6. The molecule has 0 aromatic carbocycles. The molecule has 0 fully saturated rings. The van der Waals surface area contributed by atoms with Gasteiger partial charge in [0.25, 0.3) is 0 Å². The third-order valence-corrected chi connectivity index (χ3v) is 1.84. The lowest BCUT2D eigenvalue weighted by atomic mass is 10.1. The molecule has 3 N–H and O–H groups in total. The number of hydrogen-bond donors (Lipinski definition) is 2. The fourth-order valence-corrected chi connectivity index (χ4v) is 1.10. The topological polar surface area (TPSA) is 68.4 Å². The minimum Gasteiger partial charge on any atom is -0.506 e. The van der Waals surface area contributed by atoms with Crippen LogP contribution in [0.15, 0.2) is 6.20 Å². The Morgan fingerprint density at radius 1 is 1.69 bits per heavy atom. The molecule has 0 bridgehead atoms. The van der Waals surface area contributed by atoms with Crippen LogP contribution in [0.4, 0.5) is 4.53 Å². The second kappa shape index (κ2) is 4.15. The van der Waals surface area contributed by atoms with Crippen molar-refractivity contribution in [3.8, 4) is 5.75 Å². The van der Waals surface area contributed by atoms with Crippen molar-refractivity contribution < 1.29 is 14.6 Å². The molecule has 0 amide bonds. The Bertz CT molecular complexity index is 304. The van der Waals surface area contributed by atoms with Crippen molar-refractivity contribution in [1.29, 1.82) is 0 Å². The first-order valence-corrected chi connectivity index (χ1v) is 3.80. The number of aromatic hydroxyl groups is 1. The van der Waals surface area contributed by atoms with E-state index in [-0.39, 0.29) is 18.9 Å². The maximum absolute atomic E-state index is 11.6. The molecule has 4 nitrogen and oxygen atoms in total. The molecule has 1 rings (SSSR count). The van der Waals surface area contributed by atoms with Gasteiger partial charge >= 0.3 is 0 Å². The third-order valence-electron chi connectivity index (χ3n) is 1.84. The van der Waals surface area contributed by atoms with Crippen LogP contribution in [0.25, 0.3) is 0 Å². The Balaban J connectivity index is 3.13. The monoisotopic (exact) mass is 186 g/mol. The van der Waals surface area contributed by atoms with Crippen molar-refractivity contribution >= 4 is 0 Å². The second-order valence-corrected chi connectivity index (χ2v) is 2.65. The van der Waals surface area contributed by atoms with Gasteiger partial charge in [-0.3, -0.25) is 4.98 Å². The molecule has 0 radical (unpaired) electrons. The zero-order valence-electron chi connectivity index (χ0n) is 7.25. The summed E-state index contributed by atoms with van der Waals surface area (Å²) in [6.07, 6.45) is 1.44. The van der Waals surface area contributed by atoms with Crippen molar-refractivity contribution in [1.82, 2.24) is 4.98 Å². The summed E-state index contributed by atoms with van der Waals surface area (Å²) in [5.74, 6) is 0.0112. The molecule has 0 unspecified atom stereocenters. The molecule has 1 aromatic heterocycles. The SMILES string of the molecule is Cc1ncc(COF)c(CN)c1O. The normalized spacial score (nSPS) is 10.4. The van der Waals surface area contributed by atoms with Crippen LogP contribution >= 0.6 is 0 Å². The van der Waals surface area contributed by atoms with Gasteiger partial charge in [0.15, 0.2) is 0 Å². The fraction of sp³-hybridized carbons (Fsp3) is 0.375. The number of aromatic nitrogens is 1. The Labute approximate surface area is 75.1 Å². The summed E-state index contributed by atoms with van der Waals surface area (Å²) in [6.45, 7) is 1.54. The largest absolute Gasteiger partial charge is 0.506 e. The molecular weight excluding hydrogens is 175 g/mol. The third kappa shape index (κ3) is 1.93.